The number of aliphatic imine (C=N–C) groups is 1. The van der Waals surface area contributed by atoms with Crippen molar-refractivity contribution in [3.63, 3.8) is 0 Å². The minimum Gasteiger partial charge on any atom is -0.380 e. The third-order valence-electron chi connectivity index (χ3n) is 3.27. The van der Waals surface area contributed by atoms with E-state index >= 15 is 0 Å². The molecule has 7 heteroatoms. The molecule has 2 heterocycles. The summed E-state index contributed by atoms with van der Waals surface area (Å²) in [4.78, 5) is 27.5. The van der Waals surface area contributed by atoms with Crippen LogP contribution in [0.4, 0.5) is 0 Å². The van der Waals surface area contributed by atoms with E-state index in [9.17, 15) is 9.59 Å². The van der Waals surface area contributed by atoms with Gasteiger partial charge in [0.15, 0.2) is 0 Å². The number of carbonyl (C=O) groups is 2. The zero-order valence-electron chi connectivity index (χ0n) is 11.8. The Bertz CT molecular complexity index is 726. The lowest BCUT2D eigenvalue weighted by Crippen LogP contribution is -2.34. The molecule has 1 aromatic rings. The molecular weight excluding hydrogens is 286 g/mol. The Hall–Kier alpha value is -2.80. The average molecular weight is 299 g/mol. The monoisotopic (exact) mass is 299 g/mol. The predicted octanol–water partition coefficient (Wildman–Crippen LogP) is 1.03. The number of fused-ring (bicyclic) bond motifs is 1. The molecule has 7 nitrogen and oxygen atoms in total. The van der Waals surface area contributed by atoms with Gasteiger partial charge >= 0.3 is 5.91 Å². The lowest BCUT2D eigenvalue weighted by Gasteiger charge is -2.27. The predicted molar refractivity (Wildman–Crippen MR) is 77.1 cm³/mol. The van der Waals surface area contributed by atoms with Crippen LogP contribution in [0.2, 0.25) is 0 Å². The van der Waals surface area contributed by atoms with Crippen molar-refractivity contribution in [1.82, 2.24) is 10.5 Å². The van der Waals surface area contributed by atoms with Gasteiger partial charge in [0.05, 0.1) is 18.5 Å². The van der Waals surface area contributed by atoms with E-state index in [0.717, 1.165) is 5.57 Å². The van der Waals surface area contributed by atoms with Crippen LogP contribution in [0.15, 0.2) is 57.4 Å². The minimum absolute atomic E-state index is 0.0640. The molecule has 112 valence electrons. The van der Waals surface area contributed by atoms with E-state index in [4.69, 9.17) is 9.26 Å². The van der Waals surface area contributed by atoms with Crippen LogP contribution in [-0.4, -0.2) is 36.4 Å². The Morgan fingerprint density at radius 3 is 3.09 bits per heavy atom. The number of nitrogens with one attached hydrogen (secondary N) is 1. The van der Waals surface area contributed by atoms with E-state index in [1.807, 2.05) is 6.08 Å². The number of hydrogen-bond donors (Lipinski definition) is 1. The number of carbonyl (C=O) groups excluding carboxylic acids is 2. The molecule has 0 aromatic carbocycles. The van der Waals surface area contributed by atoms with Gasteiger partial charge in [0, 0.05) is 30.9 Å². The Kier molecular flexibility index (Phi) is 3.80. The van der Waals surface area contributed by atoms with Crippen LogP contribution < -0.4 is 5.32 Å². The maximum absolute atomic E-state index is 11.9. The quantitative estimate of drug-likeness (QED) is 0.899. The van der Waals surface area contributed by atoms with Gasteiger partial charge in [-0.25, -0.2) is 4.99 Å². The maximum Gasteiger partial charge on any atom is 0.316 e. The lowest BCUT2D eigenvalue weighted by molar-refractivity contribution is -0.116. The number of methoxy groups -OCH3 is 1. The maximum atomic E-state index is 11.9. The SMILES string of the molecule is COCC1=CC(=O)NC2=CC(=NC(=O)c3ccno3)C=CC12. The van der Waals surface area contributed by atoms with Crippen LogP contribution in [0.1, 0.15) is 10.6 Å². The van der Waals surface area contributed by atoms with Crippen molar-refractivity contribution in [2.45, 2.75) is 0 Å². The second kappa shape index (κ2) is 5.90. The van der Waals surface area contributed by atoms with Gasteiger partial charge in [0.25, 0.3) is 0 Å². The highest BCUT2D eigenvalue weighted by Crippen LogP contribution is 2.27. The van der Waals surface area contributed by atoms with Gasteiger partial charge in [-0.2, -0.15) is 0 Å². The summed E-state index contributed by atoms with van der Waals surface area (Å²) in [6.45, 7) is 0.364. The zero-order chi connectivity index (χ0) is 15.5. The Morgan fingerprint density at radius 2 is 2.36 bits per heavy atom. The molecule has 0 bridgehead atoms. The van der Waals surface area contributed by atoms with Crippen molar-refractivity contribution in [2.24, 2.45) is 10.9 Å². The fourth-order valence-electron chi connectivity index (χ4n) is 2.34. The van der Waals surface area contributed by atoms with Gasteiger partial charge in [-0.3, -0.25) is 9.59 Å². The van der Waals surface area contributed by atoms with Crippen molar-refractivity contribution in [2.75, 3.05) is 13.7 Å². The van der Waals surface area contributed by atoms with Gasteiger partial charge < -0.3 is 14.6 Å². The highest BCUT2D eigenvalue weighted by Gasteiger charge is 2.26. The molecule has 0 saturated heterocycles. The zero-order valence-corrected chi connectivity index (χ0v) is 11.8. The Morgan fingerprint density at radius 1 is 1.50 bits per heavy atom. The molecule has 3 rings (SSSR count). The summed E-state index contributed by atoms with van der Waals surface area (Å²) in [7, 11) is 1.58. The molecule has 22 heavy (non-hydrogen) atoms. The summed E-state index contributed by atoms with van der Waals surface area (Å²) >= 11 is 0. The van der Waals surface area contributed by atoms with Crippen LogP contribution in [0.5, 0.6) is 0 Å². The summed E-state index contributed by atoms with van der Waals surface area (Å²) in [6.07, 6.45) is 8.16. The lowest BCUT2D eigenvalue weighted by atomic mass is 9.88. The van der Waals surface area contributed by atoms with Gasteiger partial charge in [0.2, 0.25) is 11.7 Å². The first kappa shape index (κ1) is 14.2. The normalized spacial score (nSPS) is 22.0. The molecule has 2 aliphatic rings. The van der Waals surface area contributed by atoms with E-state index in [2.05, 4.69) is 15.5 Å². The number of ether oxygens (including phenoxy) is 1. The van der Waals surface area contributed by atoms with Crippen molar-refractivity contribution in [3.8, 4) is 0 Å². The molecule has 1 N–H and O–H groups in total. The molecule has 0 spiro atoms. The topological polar surface area (TPSA) is 93.8 Å². The highest BCUT2D eigenvalue weighted by atomic mass is 16.5. The number of aromatic nitrogens is 1. The molecule has 0 saturated carbocycles. The van der Waals surface area contributed by atoms with Crippen molar-refractivity contribution in [1.29, 1.82) is 0 Å². The van der Waals surface area contributed by atoms with Gasteiger partial charge in [-0.05, 0) is 17.7 Å². The first-order valence-corrected chi connectivity index (χ1v) is 6.61. The number of hydrogen-bond acceptors (Lipinski definition) is 5. The Labute approximate surface area is 126 Å². The molecule has 1 aliphatic heterocycles. The first-order valence-electron chi connectivity index (χ1n) is 6.61. The molecular formula is C15H13N3O4. The summed E-state index contributed by atoms with van der Waals surface area (Å²) < 4.78 is 9.87. The summed E-state index contributed by atoms with van der Waals surface area (Å²) in [5.41, 5.74) is 1.96. The smallest absolute Gasteiger partial charge is 0.316 e. The summed E-state index contributed by atoms with van der Waals surface area (Å²) in [5, 5.41) is 6.22. The van der Waals surface area contributed by atoms with Crippen molar-refractivity contribution < 1.29 is 18.8 Å². The Balaban J connectivity index is 1.86. The van der Waals surface area contributed by atoms with Crippen LogP contribution in [-0.2, 0) is 9.53 Å². The van der Waals surface area contributed by atoms with Crippen LogP contribution in [0.3, 0.4) is 0 Å². The van der Waals surface area contributed by atoms with E-state index in [0.29, 0.717) is 18.0 Å². The number of amides is 2. The largest absolute Gasteiger partial charge is 0.380 e. The molecule has 0 radical (unpaired) electrons. The van der Waals surface area contributed by atoms with E-state index in [-0.39, 0.29) is 17.6 Å². The summed E-state index contributed by atoms with van der Waals surface area (Å²) in [6, 6.07) is 1.44. The van der Waals surface area contributed by atoms with Gasteiger partial charge in [-0.15, -0.1) is 0 Å². The number of rotatable bonds is 3. The van der Waals surface area contributed by atoms with Crippen LogP contribution in [0.25, 0.3) is 0 Å². The first-order chi connectivity index (χ1) is 10.7. The van der Waals surface area contributed by atoms with Gasteiger partial charge in [0.1, 0.15) is 0 Å². The van der Waals surface area contributed by atoms with E-state index in [1.54, 1.807) is 19.3 Å². The van der Waals surface area contributed by atoms with Crippen molar-refractivity contribution >= 4 is 17.5 Å². The molecule has 0 fully saturated rings. The molecule has 2 amide bonds. The third-order valence-corrected chi connectivity index (χ3v) is 3.27. The molecule has 1 aliphatic carbocycles. The molecule has 1 unspecified atom stereocenters. The van der Waals surface area contributed by atoms with E-state index < -0.39 is 5.91 Å². The number of nitrogens with zero attached hydrogens (tertiary/aromatic N) is 2. The molecule has 1 atom stereocenters. The minimum atomic E-state index is -0.526. The summed E-state index contributed by atoms with van der Waals surface area (Å²) in [5.74, 6) is -0.751. The fraction of sp³-hybridized carbons (Fsp3) is 0.200. The second-order valence-electron chi connectivity index (χ2n) is 4.80. The third kappa shape index (κ3) is 2.79. The van der Waals surface area contributed by atoms with Crippen molar-refractivity contribution in [3.05, 3.63) is 53.6 Å². The number of allylic oxidation sites excluding steroid dienone is 3. The van der Waals surface area contributed by atoms with Crippen LogP contribution in [0, 0.1) is 5.92 Å². The van der Waals surface area contributed by atoms with Crippen LogP contribution >= 0.6 is 0 Å². The van der Waals surface area contributed by atoms with Gasteiger partial charge in [-0.1, -0.05) is 11.2 Å². The fourth-order valence-corrected chi connectivity index (χ4v) is 2.34. The second-order valence-corrected chi connectivity index (χ2v) is 4.80. The standard InChI is InChI=1S/C15H13N3O4/c1-21-8-9-6-14(19)18-12-7-10(2-3-11(9)12)17-15(20)13-4-5-16-22-13/h2-7,11H,8H2,1H3,(H,18,19). The van der Waals surface area contributed by atoms with E-state index in [1.165, 1.54) is 18.3 Å². The highest BCUT2D eigenvalue weighted by molar-refractivity contribution is 6.13. The average Bonchev–Trinajstić information content (AvgIpc) is 3.01. The molecule has 1 aromatic heterocycles.